The lowest BCUT2D eigenvalue weighted by Crippen LogP contribution is -2.38. The maximum absolute atomic E-state index is 13.3. The second kappa shape index (κ2) is 13.9. The van der Waals surface area contributed by atoms with Crippen molar-refractivity contribution in [2.75, 3.05) is 46.6 Å². The minimum atomic E-state index is -0.307. The Hall–Kier alpha value is -4.27. The van der Waals surface area contributed by atoms with Crippen LogP contribution in [0, 0.1) is 0 Å². The van der Waals surface area contributed by atoms with Crippen LogP contribution in [0.2, 0.25) is 0 Å². The molecule has 0 spiro atoms. The summed E-state index contributed by atoms with van der Waals surface area (Å²) in [4.78, 5) is 20.4. The van der Waals surface area contributed by atoms with E-state index in [0.29, 0.717) is 23.7 Å². The molecule has 212 valence electrons. The van der Waals surface area contributed by atoms with Crippen LogP contribution in [0.4, 0.5) is 0 Å². The number of hydrazone groups is 1. The van der Waals surface area contributed by atoms with Gasteiger partial charge in [0.25, 0.3) is 5.91 Å². The van der Waals surface area contributed by atoms with Gasteiger partial charge in [0.1, 0.15) is 6.61 Å². The van der Waals surface area contributed by atoms with Crippen molar-refractivity contribution in [2.45, 2.75) is 19.8 Å². The molecule has 0 atom stereocenters. The van der Waals surface area contributed by atoms with E-state index in [1.54, 1.807) is 13.3 Å². The van der Waals surface area contributed by atoms with E-state index in [1.807, 2.05) is 48.5 Å². The van der Waals surface area contributed by atoms with Crippen molar-refractivity contribution < 1.29 is 19.0 Å². The zero-order valence-corrected chi connectivity index (χ0v) is 23.6. The topological polar surface area (TPSA) is 85.3 Å². The number of hydrogen-bond acceptors (Lipinski definition) is 7. The zero-order chi connectivity index (χ0) is 28.4. The largest absolute Gasteiger partial charge is 0.493 e. The number of morpholine rings is 1. The Balaban J connectivity index is 1.27. The van der Waals surface area contributed by atoms with Crippen molar-refractivity contribution in [1.82, 2.24) is 15.3 Å². The van der Waals surface area contributed by atoms with Crippen LogP contribution in [0.5, 0.6) is 11.5 Å². The molecule has 1 N–H and O–H groups in total. The normalized spacial score (nSPS) is 13.9. The van der Waals surface area contributed by atoms with Crippen LogP contribution in [0.25, 0.3) is 22.2 Å². The van der Waals surface area contributed by atoms with Crippen LogP contribution in [0.15, 0.2) is 77.9 Å². The first-order valence-electron chi connectivity index (χ1n) is 14.1. The molecule has 1 aromatic heterocycles. The minimum Gasteiger partial charge on any atom is -0.493 e. The van der Waals surface area contributed by atoms with E-state index in [0.717, 1.165) is 73.4 Å². The summed E-state index contributed by atoms with van der Waals surface area (Å²) in [7, 11) is 1.61. The highest BCUT2D eigenvalue weighted by molar-refractivity contribution is 6.07. The Morgan fingerprint density at radius 1 is 1.05 bits per heavy atom. The molecular weight excluding hydrogens is 516 g/mol. The predicted molar refractivity (Wildman–Crippen MR) is 162 cm³/mol. The number of methoxy groups -OCH3 is 1. The molecule has 1 saturated heterocycles. The van der Waals surface area contributed by atoms with E-state index >= 15 is 0 Å². The highest BCUT2D eigenvalue weighted by Gasteiger charge is 2.14. The van der Waals surface area contributed by atoms with Gasteiger partial charge in [-0.05, 0) is 47.9 Å². The Kier molecular flexibility index (Phi) is 9.57. The average molecular weight is 553 g/mol. The summed E-state index contributed by atoms with van der Waals surface area (Å²) in [5.41, 5.74) is 7.72. The molecule has 0 saturated carbocycles. The number of aromatic nitrogens is 1. The molecule has 1 aliphatic heterocycles. The lowest BCUT2D eigenvalue weighted by molar-refractivity contribution is 0.0321. The van der Waals surface area contributed by atoms with E-state index in [2.05, 4.69) is 46.6 Å². The number of carbonyl (C=O) groups is 1. The molecular formula is C33H36N4O4. The fraction of sp³-hybridized carbons (Fsp3) is 0.303. The summed E-state index contributed by atoms with van der Waals surface area (Å²) in [6, 6.07) is 23.4. The quantitative estimate of drug-likeness (QED) is 0.200. The van der Waals surface area contributed by atoms with Gasteiger partial charge >= 0.3 is 0 Å². The first-order chi connectivity index (χ1) is 20.1. The summed E-state index contributed by atoms with van der Waals surface area (Å²) in [5, 5.41) is 5.00. The summed E-state index contributed by atoms with van der Waals surface area (Å²) in [6.45, 7) is 6.93. The average Bonchev–Trinajstić information content (AvgIpc) is 3.02. The van der Waals surface area contributed by atoms with Crippen molar-refractivity contribution in [3.8, 4) is 22.8 Å². The number of aryl methyl sites for hydroxylation is 1. The minimum absolute atomic E-state index is 0.307. The van der Waals surface area contributed by atoms with Crippen LogP contribution in [0.1, 0.15) is 34.8 Å². The second-order valence-electron chi connectivity index (χ2n) is 9.93. The summed E-state index contributed by atoms with van der Waals surface area (Å²) < 4.78 is 16.9. The first kappa shape index (κ1) is 28.3. The third kappa shape index (κ3) is 7.28. The molecule has 3 aromatic carbocycles. The lowest BCUT2D eigenvalue weighted by atomic mass is 10.0. The van der Waals surface area contributed by atoms with Gasteiger partial charge in [0.05, 0.1) is 43.3 Å². The van der Waals surface area contributed by atoms with Crippen LogP contribution >= 0.6 is 0 Å². The number of hydrogen-bond donors (Lipinski definition) is 1. The molecule has 8 nitrogen and oxygen atoms in total. The van der Waals surface area contributed by atoms with Crippen LogP contribution in [-0.4, -0.2) is 68.6 Å². The highest BCUT2D eigenvalue weighted by atomic mass is 16.5. The predicted octanol–water partition coefficient (Wildman–Crippen LogP) is 5.34. The smallest absolute Gasteiger partial charge is 0.272 e. The molecule has 0 bridgehead atoms. The van der Waals surface area contributed by atoms with Crippen molar-refractivity contribution in [3.05, 3.63) is 89.5 Å². The lowest BCUT2D eigenvalue weighted by Gasteiger charge is -2.26. The van der Waals surface area contributed by atoms with Gasteiger partial charge in [0.2, 0.25) is 0 Å². The van der Waals surface area contributed by atoms with E-state index in [-0.39, 0.29) is 5.91 Å². The molecule has 2 heterocycles. The number of nitrogens with zero attached hydrogens (tertiary/aromatic N) is 3. The fourth-order valence-electron chi connectivity index (χ4n) is 4.86. The second-order valence-corrected chi connectivity index (χ2v) is 9.93. The summed E-state index contributed by atoms with van der Waals surface area (Å²) in [5.74, 6) is 0.969. The van der Waals surface area contributed by atoms with E-state index in [1.165, 1.54) is 5.56 Å². The Bertz CT molecular complexity index is 1500. The summed E-state index contributed by atoms with van der Waals surface area (Å²) >= 11 is 0. The van der Waals surface area contributed by atoms with E-state index < -0.39 is 0 Å². The number of nitrogens with one attached hydrogen (secondary N) is 1. The van der Waals surface area contributed by atoms with Crippen molar-refractivity contribution >= 4 is 23.0 Å². The fourth-order valence-corrected chi connectivity index (χ4v) is 4.86. The van der Waals surface area contributed by atoms with Gasteiger partial charge in [-0.15, -0.1) is 0 Å². The number of pyridine rings is 1. The van der Waals surface area contributed by atoms with Gasteiger partial charge < -0.3 is 14.2 Å². The van der Waals surface area contributed by atoms with Crippen molar-refractivity contribution in [3.63, 3.8) is 0 Å². The standard InChI is InChI=1S/C33H36N4O4/c1-3-6-24-9-12-26(13-10-24)30-22-28(27-7-4-5-8-29(27)35-30)33(38)36-34-23-25-11-14-31(32(21-25)39-2)41-20-17-37-15-18-40-19-16-37/h4-5,7-14,21-23H,3,6,15-20H2,1-2H3,(H,36,38)/b34-23+. The van der Waals surface area contributed by atoms with Gasteiger partial charge in [0, 0.05) is 30.6 Å². The number of carbonyl (C=O) groups excluding carboxylic acids is 1. The SMILES string of the molecule is CCCc1ccc(-c2cc(C(=O)N/N=C/c3ccc(OCCN4CCOCC4)c(OC)c3)c3ccccc3n2)cc1. The molecule has 41 heavy (non-hydrogen) atoms. The van der Waals surface area contributed by atoms with Gasteiger partial charge in [-0.25, -0.2) is 10.4 Å². The number of fused-ring (bicyclic) bond motifs is 1. The number of benzene rings is 3. The molecule has 0 unspecified atom stereocenters. The third-order valence-electron chi connectivity index (χ3n) is 7.09. The maximum atomic E-state index is 13.3. The van der Waals surface area contributed by atoms with E-state index in [9.17, 15) is 4.79 Å². The van der Waals surface area contributed by atoms with Gasteiger partial charge in [-0.1, -0.05) is 55.8 Å². The molecule has 0 aliphatic carbocycles. The monoisotopic (exact) mass is 552 g/mol. The van der Waals surface area contributed by atoms with Gasteiger partial charge in [-0.2, -0.15) is 5.10 Å². The van der Waals surface area contributed by atoms with Crippen LogP contribution in [0.3, 0.4) is 0 Å². The number of rotatable bonds is 11. The maximum Gasteiger partial charge on any atom is 0.272 e. The molecule has 1 amide bonds. The Morgan fingerprint density at radius 3 is 2.63 bits per heavy atom. The highest BCUT2D eigenvalue weighted by Crippen LogP contribution is 2.28. The molecule has 5 rings (SSSR count). The molecule has 0 radical (unpaired) electrons. The first-order valence-corrected chi connectivity index (χ1v) is 14.1. The summed E-state index contributed by atoms with van der Waals surface area (Å²) in [6.07, 6.45) is 3.72. The van der Waals surface area contributed by atoms with E-state index in [4.69, 9.17) is 19.2 Å². The van der Waals surface area contributed by atoms with Crippen LogP contribution in [-0.2, 0) is 11.2 Å². The van der Waals surface area contributed by atoms with Crippen molar-refractivity contribution in [2.24, 2.45) is 5.10 Å². The van der Waals surface area contributed by atoms with Crippen molar-refractivity contribution in [1.29, 1.82) is 0 Å². The number of ether oxygens (including phenoxy) is 3. The van der Waals surface area contributed by atoms with Crippen LogP contribution < -0.4 is 14.9 Å². The Morgan fingerprint density at radius 2 is 1.85 bits per heavy atom. The molecule has 8 heteroatoms. The molecule has 4 aromatic rings. The third-order valence-corrected chi connectivity index (χ3v) is 7.09. The van der Waals surface area contributed by atoms with Gasteiger partial charge in [-0.3, -0.25) is 9.69 Å². The number of amides is 1. The number of para-hydroxylation sites is 1. The molecule has 1 fully saturated rings. The zero-order valence-electron chi connectivity index (χ0n) is 23.6. The Labute approximate surface area is 240 Å². The molecule has 1 aliphatic rings. The van der Waals surface area contributed by atoms with Gasteiger partial charge in [0.15, 0.2) is 11.5 Å².